The number of rotatable bonds is 1. The molecule has 1 amide bonds. The molecule has 0 aliphatic carbocycles. The minimum absolute atomic E-state index is 0.142. The number of amides is 1. The normalized spacial score (nSPS) is 15.5. The van der Waals surface area contributed by atoms with E-state index in [0.29, 0.717) is 49.4 Å². The summed E-state index contributed by atoms with van der Waals surface area (Å²) in [6.07, 6.45) is 4.13. The van der Waals surface area contributed by atoms with Crippen LogP contribution in [0.2, 0.25) is 0 Å². The van der Waals surface area contributed by atoms with Gasteiger partial charge in [0, 0.05) is 49.0 Å². The lowest BCUT2D eigenvalue weighted by Gasteiger charge is -2.08. The highest BCUT2D eigenvalue weighted by Gasteiger charge is 2.20. The Balaban J connectivity index is 1.65. The van der Waals surface area contributed by atoms with Crippen molar-refractivity contribution in [2.45, 2.75) is 26.3 Å². The van der Waals surface area contributed by atoms with Gasteiger partial charge in [-0.2, -0.15) is 5.10 Å². The highest BCUT2D eigenvalue weighted by atomic mass is 32.1. The molecule has 1 N–H and O–H groups in total. The first-order valence-electron chi connectivity index (χ1n) is 9.68. The van der Waals surface area contributed by atoms with E-state index < -0.39 is 5.91 Å². The number of nitrogens with zero attached hydrogens (tertiary/aromatic N) is 4. The molecule has 0 fully saturated rings. The molecule has 1 aliphatic rings. The summed E-state index contributed by atoms with van der Waals surface area (Å²) in [6.45, 7) is 3.68. The molecule has 30 heavy (non-hydrogen) atoms. The number of fused-ring (bicyclic) bond motifs is 6. The smallest absolute Gasteiger partial charge is 0.275 e. The number of ketones is 1. The van der Waals surface area contributed by atoms with Crippen LogP contribution in [0.5, 0.6) is 5.88 Å². The minimum Gasteiger partial charge on any atom is -0.475 e. The summed E-state index contributed by atoms with van der Waals surface area (Å²) in [5.74, 6) is -0.0704. The number of pyridine rings is 1. The van der Waals surface area contributed by atoms with Crippen molar-refractivity contribution in [3.8, 4) is 16.5 Å². The van der Waals surface area contributed by atoms with Crippen LogP contribution in [0.25, 0.3) is 10.6 Å². The molecule has 0 atom stereocenters. The van der Waals surface area contributed by atoms with Gasteiger partial charge in [-0.1, -0.05) is 0 Å². The fraction of sp³-hybridized carbons (Fsp3) is 0.350. The molecule has 0 spiro atoms. The van der Waals surface area contributed by atoms with E-state index in [1.54, 1.807) is 28.5 Å². The van der Waals surface area contributed by atoms with Crippen molar-refractivity contribution in [2.24, 2.45) is 0 Å². The summed E-state index contributed by atoms with van der Waals surface area (Å²) in [6, 6.07) is 3.59. The van der Waals surface area contributed by atoms with E-state index in [-0.39, 0.29) is 23.6 Å². The van der Waals surface area contributed by atoms with Crippen molar-refractivity contribution in [2.75, 3.05) is 25.1 Å². The third-order valence-corrected chi connectivity index (χ3v) is 5.38. The van der Waals surface area contributed by atoms with Gasteiger partial charge in [0.15, 0.2) is 11.5 Å². The van der Waals surface area contributed by atoms with E-state index in [9.17, 15) is 9.59 Å². The zero-order valence-electron chi connectivity index (χ0n) is 16.5. The maximum absolute atomic E-state index is 12.8. The third-order valence-electron chi connectivity index (χ3n) is 4.49. The van der Waals surface area contributed by atoms with Gasteiger partial charge in [-0.25, -0.2) is 9.97 Å². The van der Waals surface area contributed by atoms with E-state index in [4.69, 9.17) is 9.47 Å². The predicted molar refractivity (Wildman–Crippen MR) is 111 cm³/mol. The molecule has 4 rings (SSSR count). The standard InChI is InChI=1S/C20H21N5O4S/c1-2-25-11-14-18(24-25)16(26)4-3-7-28-8-9-29-17-10-13(5-6-21-17)20-23-15(12-30-20)19(27)22-14/h5-6,10-12H,2-4,7-9H2,1H3,(H,22,27). The van der Waals surface area contributed by atoms with Crippen LogP contribution in [-0.4, -0.2) is 51.3 Å². The van der Waals surface area contributed by atoms with Crippen LogP contribution in [0.15, 0.2) is 29.9 Å². The molecule has 1 aliphatic heterocycles. The Morgan fingerprint density at radius 3 is 3.03 bits per heavy atom. The van der Waals surface area contributed by atoms with Crippen LogP contribution < -0.4 is 10.1 Å². The molecule has 9 nitrogen and oxygen atoms in total. The Morgan fingerprint density at radius 2 is 2.17 bits per heavy atom. The molecule has 3 aromatic heterocycles. The highest BCUT2D eigenvalue weighted by Crippen LogP contribution is 2.26. The molecule has 0 radical (unpaired) electrons. The SMILES string of the molecule is CCn1cc2c(n1)C(=O)CCCOCCOc1cc(ccn1)-c1nc(cs1)C(=O)N2. The number of ether oxygens (including phenoxy) is 2. The van der Waals surface area contributed by atoms with Crippen molar-refractivity contribution in [1.29, 1.82) is 0 Å². The van der Waals surface area contributed by atoms with E-state index in [1.165, 1.54) is 11.3 Å². The van der Waals surface area contributed by atoms with Crippen molar-refractivity contribution < 1.29 is 19.1 Å². The van der Waals surface area contributed by atoms with Crippen molar-refractivity contribution >= 4 is 28.7 Å². The summed E-state index contributed by atoms with van der Waals surface area (Å²) in [7, 11) is 0. The number of aromatic nitrogens is 4. The molecule has 4 bridgehead atoms. The van der Waals surface area contributed by atoms with Gasteiger partial charge in [0.05, 0.1) is 12.3 Å². The van der Waals surface area contributed by atoms with Crippen LogP contribution in [0.1, 0.15) is 40.7 Å². The first kappa shape index (κ1) is 20.2. The fourth-order valence-corrected chi connectivity index (χ4v) is 3.76. The lowest BCUT2D eigenvalue weighted by Crippen LogP contribution is -2.15. The van der Waals surface area contributed by atoms with E-state index in [1.807, 2.05) is 13.0 Å². The van der Waals surface area contributed by atoms with Crippen molar-refractivity contribution in [3.63, 3.8) is 0 Å². The van der Waals surface area contributed by atoms with Gasteiger partial charge in [-0.15, -0.1) is 11.3 Å². The van der Waals surface area contributed by atoms with Crippen LogP contribution in [0, 0.1) is 0 Å². The van der Waals surface area contributed by atoms with Crippen LogP contribution >= 0.6 is 11.3 Å². The number of carbonyl (C=O) groups excluding carboxylic acids is 2. The largest absolute Gasteiger partial charge is 0.475 e. The fourth-order valence-electron chi connectivity index (χ4n) is 2.96. The second-order valence-electron chi connectivity index (χ2n) is 6.61. The van der Waals surface area contributed by atoms with Gasteiger partial charge in [-0.3, -0.25) is 14.3 Å². The number of nitrogens with one attached hydrogen (secondary N) is 1. The van der Waals surface area contributed by atoms with Crippen LogP contribution in [0.4, 0.5) is 5.69 Å². The van der Waals surface area contributed by atoms with E-state index >= 15 is 0 Å². The highest BCUT2D eigenvalue weighted by molar-refractivity contribution is 7.13. The Labute approximate surface area is 177 Å². The zero-order valence-corrected chi connectivity index (χ0v) is 17.3. The maximum Gasteiger partial charge on any atom is 0.275 e. The van der Waals surface area contributed by atoms with Gasteiger partial charge in [0.2, 0.25) is 5.88 Å². The number of carbonyl (C=O) groups is 2. The molecule has 0 unspecified atom stereocenters. The topological polar surface area (TPSA) is 108 Å². The first-order chi connectivity index (χ1) is 14.6. The molecule has 10 heteroatoms. The lowest BCUT2D eigenvalue weighted by atomic mass is 10.1. The van der Waals surface area contributed by atoms with Crippen molar-refractivity contribution in [1.82, 2.24) is 19.7 Å². The third kappa shape index (κ3) is 4.55. The predicted octanol–water partition coefficient (Wildman–Crippen LogP) is 3.05. The van der Waals surface area contributed by atoms with Crippen LogP contribution in [0.3, 0.4) is 0 Å². The first-order valence-corrected chi connectivity index (χ1v) is 10.6. The summed E-state index contributed by atoms with van der Waals surface area (Å²) in [4.78, 5) is 34.0. The molecule has 0 saturated carbocycles. The second kappa shape index (κ2) is 9.14. The number of Topliss-reactive ketones (excluding diaryl/α,β-unsaturated/α-hetero) is 1. The molecule has 4 heterocycles. The Morgan fingerprint density at radius 1 is 1.27 bits per heavy atom. The molecule has 0 saturated heterocycles. The van der Waals surface area contributed by atoms with E-state index in [2.05, 4.69) is 20.4 Å². The number of hydrogen-bond acceptors (Lipinski definition) is 8. The molecular formula is C20H21N5O4S. The summed E-state index contributed by atoms with van der Waals surface area (Å²) < 4.78 is 12.8. The summed E-state index contributed by atoms with van der Waals surface area (Å²) >= 11 is 1.35. The maximum atomic E-state index is 12.8. The Bertz CT molecular complexity index is 1060. The number of anilines is 1. The average Bonchev–Trinajstić information content (AvgIpc) is 3.40. The Kier molecular flexibility index (Phi) is 6.15. The molecule has 156 valence electrons. The zero-order chi connectivity index (χ0) is 20.9. The number of aryl methyl sites for hydroxylation is 1. The molecular weight excluding hydrogens is 406 g/mol. The lowest BCUT2D eigenvalue weighted by molar-refractivity contribution is 0.0861. The van der Waals surface area contributed by atoms with Gasteiger partial charge in [0.25, 0.3) is 5.91 Å². The second-order valence-corrected chi connectivity index (χ2v) is 7.47. The Hall–Kier alpha value is -3.11. The molecule has 0 aromatic carbocycles. The number of hydrogen-bond donors (Lipinski definition) is 1. The average molecular weight is 427 g/mol. The summed E-state index contributed by atoms with van der Waals surface area (Å²) in [5, 5.41) is 9.45. The monoisotopic (exact) mass is 427 g/mol. The summed E-state index contributed by atoms with van der Waals surface area (Å²) in [5.41, 5.74) is 1.72. The van der Waals surface area contributed by atoms with Gasteiger partial charge >= 0.3 is 0 Å². The quantitative estimate of drug-likeness (QED) is 0.636. The molecule has 3 aromatic rings. The van der Waals surface area contributed by atoms with Crippen LogP contribution in [-0.2, 0) is 11.3 Å². The van der Waals surface area contributed by atoms with Gasteiger partial charge in [-0.05, 0) is 19.4 Å². The minimum atomic E-state index is -0.391. The van der Waals surface area contributed by atoms with Gasteiger partial charge in [0.1, 0.15) is 17.3 Å². The van der Waals surface area contributed by atoms with E-state index in [0.717, 1.165) is 5.56 Å². The number of thiazole rings is 1. The van der Waals surface area contributed by atoms with Crippen molar-refractivity contribution in [3.05, 3.63) is 41.3 Å². The van der Waals surface area contributed by atoms with Gasteiger partial charge < -0.3 is 14.8 Å².